The van der Waals surface area contributed by atoms with E-state index in [4.69, 9.17) is 9.40 Å². The third kappa shape index (κ3) is 2.43. The highest BCUT2D eigenvalue weighted by molar-refractivity contribution is 7.26. The van der Waals surface area contributed by atoms with Crippen LogP contribution in [-0.2, 0) is 0 Å². The van der Waals surface area contributed by atoms with Gasteiger partial charge in [0.15, 0.2) is 0 Å². The molecule has 0 unspecified atom stereocenters. The van der Waals surface area contributed by atoms with Crippen molar-refractivity contribution in [2.75, 3.05) is 0 Å². The molecule has 0 aliphatic heterocycles. The van der Waals surface area contributed by atoms with Gasteiger partial charge in [-0.25, -0.2) is 4.98 Å². The molecule has 0 radical (unpaired) electrons. The Morgan fingerprint density at radius 3 is 2.52 bits per heavy atom. The molecule has 0 amide bonds. The van der Waals surface area contributed by atoms with Crippen LogP contribution < -0.4 is 0 Å². The molecule has 4 aromatic carbocycles. The zero-order valence-electron chi connectivity index (χ0n) is 16.4. The van der Waals surface area contributed by atoms with Crippen molar-refractivity contribution in [2.24, 2.45) is 0 Å². The molecule has 146 valence electrons. The molecule has 3 nitrogen and oxygen atoms in total. The van der Waals surface area contributed by atoms with E-state index in [-0.39, 0.29) is 0 Å². The summed E-state index contributed by atoms with van der Waals surface area (Å²) in [6.45, 7) is 0. The summed E-state index contributed by atoms with van der Waals surface area (Å²) in [5.41, 5.74) is 3.99. The molecule has 0 N–H and O–H groups in total. The van der Waals surface area contributed by atoms with Crippen LogP contribution >= 0.6 is 11.3 Å². The summed E-state index contributed by atoms with van der Waals surface area (Å²) in [7, 11) is 0. The second kappa shape index (κ2) is 6.30. The first-order chi connectivity index (χ1) is 15.4. The molecule has 4 heteroatoms. The molecular formula is C27H16N2OS. The van der Waals surface area contributed by atoms with Crippen molar-refractivity contribution in [3.63, 3.8) is 0 Å². The van der Waals surface area contributed by atoms with Gasteiger partial charge < -0.3 is 4.42 Å². The van der Waals surface area contributed by atoms with Gasteiger partial charge in [0.2, 0.25) is 5.88 Å². The summed E-state index contributed by atoms with van der Waals surface area (Å²) >= 11 is 1.82. The number of nitrogens with zero attached hydrogens (tertiary/aromatic N) is 2. The Labute approximate surface area is 181 Å². The van der Waals surface area contributed by atoms with Gasteiger partial charge in [-0.3, -0.25) is 4.57 Å². The molecule has 31 heavy (non-hydrogen) atoms. The van der Waals surface area contributed by atoms with Gasteiger partial charge in [-0.05, 0) is 30.3 Å². The third-order valence-electron chi connectivity index (χ3n) is 5.84. The largest absolute Gasteiger partial charge is 0.440 e. The van der Waals surface area contributed by atoms with Gasteiger partial charge in [-0.1, -0.05) is 60.7 Å². The quantitative estimate of drug-likeness (QED) is 0.288. The lowest BCUT2D eigenvalue weighted by Gasteiger charge is -2.07. The number of aromatic nitrogens is 2. The highest BCUT2D eigenvalue weighted by atomic mass is 32.1. The molecule has 7 rings (SSSR count). The van der Waals surface area contributed by atoms with E-state index >= 15 is 0 Å². The van der Waals surface area contributed by atoms with Gasteiger partial charge in [0.05, 0.1) is 11.0 Å². The predicted molar refractivity (Wildman–Crippen MR) is 129 cm³/mol. The first-order valence-corrected chi connectivity index (χ1v) is 11.1. The minimum absolute atomic E-state index is 0.781. The van der Waals surface area contributed by atoms with Crippen molar-refractivity contribution in [3.05, 3.63) is 97.1 Å². The van der Waals surface area contributed by atoms with Crippen LogP contribution in [0.4, 0.5) is 0 Å². The molecule has 0 bridgehead atoms. The van der Waals surface area contributed by atoms with Crippen LogP contribution in [-0.4, -0.2) is 9.55 Å². The van der Waals surface area contributed by atoms with Crippen LogP contribution in [0.3, 0.4) is 0 Å². The zero-order valence-corrected chi connectivity index (χ0v) is 17.3. The van der Waals surface area contributed by atoms with E-state index in [0.29, 0.717) is 0 Å². The van der Waals surface area contributed by atoms with E-state index < -0.39 is 0 Å². The van der Waals surface area contributed by atoms with Crippen LogP contribution in [0.25, 0.3) is 59.4 Å². The van der Waals surface area contributed by atoms with Gasteiger partial charge in [0.1, 0.15) is 11.4 Å². The monoisotopic (exact) mass is 416 g/mol. The Balaban J connectivity index is 1.60. The molecule has 0 saturated heterocycles. The van der Waals surface area contributed by atoms with E-state index in [0.717, 1.165) is 39.3 Å². The fraction of sp³-hybridized carbons (Fsp3) is 0. The Hall–Kier alpha value is -3.89. The minimum Gasteiger partial charge on any atom is -0.440 e. The highest BCUT2D eigenvalue weighted by Crippen LogP contribution is 2.41. The van der Waals surface area contributed by atoms with E-state index in [2.05, 4.69) is 71.3 Å². The molecule has 0 aliphatic rings. The Kier molecular flexibility index (Phi) is 3.43. The average Bonchev–Trinajstić information content (AvgIpc) is 3.51. The van der Waals surface area contributed by atoms with Gasteiger partial charge in [0.25, 0.3) is 0 Å². The number of hydrogen-bond acceptors (Lipinski definition) is 3. The van der Waals surface area contributed by atoms with Crippen LogP contribution in [0.5, 0.6) is 0 Å². The van der Waals surface area contributed by atoms with Crippen molar-refractivity contribution < 1.29 is 4.42 Å². The average molecular weight is 417 g/mol. The molecule has 0 aliphatic carbocycles. The molecule has 3 heterocycles. The highest BCUT2D eigenvalue weighted by Gasteiger charge is 2.20. The minimum atomic E-state index is 0.781. The molecular weight excluding hydrogens is 400 g/mol. The SMILES string of the molecule is c1ccc2oc(-n3c(-c4cccc5c4sc4ccccc45)nc4ccccc43)cc2c1. The van der Waals surface area contributed by atoms with Gasteiger partial charge in [-0.2, -0.15) is 0 Å². The summed E-state index contributed by atoms with van der Waals surface area (Å²) in [5.74, 6) is 1.68. The maximum Gasteiger partial charge on any atom is 0.207 e. The number of para-hydroxylation sites is 3. The third-order valence-corrected chi connectivity index (χ3v) is 7.06. The van der Waals surface area contributed by atoms with E-state index in [9.17, 15) is 0 Å². The van der Waals surface area contributed by atoms with Crippen LogP contribution in [0.2, 0.25) is 0 Å². The van der Waals surface area contributed by atoms with Crippen molar-refractivity contribution >= 4 is 53.5 Å². The second-order valence-corrected chi connectivity index (χ2v) is 8.71. The number of thiophene rings is 1. The Morgan fingerprint density at radius 2 is 1.55 bits per heavy atom. The van der Waals surface area contributed by atoms with Crippen molar-refractivity contribution in [1.29, 1.82) is 0 Å². The standard InChI is InChI=1S/C27H16N2OS/c1-5-14-23-17(8-1)16-25(30-23)29-22-13-4-3-12-21(22)28-27(29)20-11-7-10-19-18-9-2-6-15-24(18)31-26(19)20/h1-16H. The summed E-state index contributed by atoms with van der Waals surface area (Å²) in [6.07, 6.45) is 0. The zero-order chi connectivity index (χ0) is 20.4. The lowest BCUT2D eigenvalue weighted by atomic mass is 10.1. The summed E-state index contributed by atoms with van der Waals surface area (Å²) in [6, 6.07) is 33.5. The smallest absolute Gasteiger partial charge is 0.207 e. The summed E-state index contributed by atoms with van der Waals surface area (Å²) in [4.78, 5) is 5.06. The van der Waals surface area contributed by atoms with Crippen molar-refractivity contribution in [1.82, 2.24) is 9.55 Å². The number of benzene rings is 4. The van der Waals surface area contributed by atoms with Gasteiger partial charge in [-0.15, -0.1) is 11.3 Å². The fourth-order valence-electron chi connectivity index (χ4n) is 4.43. The molecule has 0 spiro atoms. The first-order valence-electron chi connectivity index (χ1n) is 10.2. The van der Waals surface area contributed by atoms with Crippen LogP contribution in [0.1, 0.15) is 0 Å². The van der Waals surface area contributed by atoms with Crippen molar-refractivity contribution in [2.45, 2.75) is 0 Å². The maximum absolute atomic E-state index is 6.28. The molecule has 0 fully saturated rings. The first kappa shape index (κ1) is 16.9. The predicted octanol–water partition coefficient (Wildman–Crippen LogP) is 7.81. The number of hydrogen-bond donors (Lipinski definition) is 0. The normalized spacial score (nSPS) is 11.9. The number of imidazole rings is 1. The Morgan fingerprint density at radius 1 is 0.742 bits per heavy atom. The second-order valence-electron chi connectivity index (χ2n) is 7.66. The molecule has 0 saturated carbocycles. The van der Waals surface area contributed by atoms with Crippen molar-refractivity contribution in [3.8, 4) is 17.3 Å². The van der Waals surface area contributed by atoms with Gasteiger partial charge >= 0.3 is 0 Å². The summed E-state index contributed by atoms with van der Waals surface area (Å²) in [5, 5.41) is 3.64. The van der Waals surface area contributed by atoms with Gasteiger partial charge in [0, 0.05) is 37.2 Å². The van der Waals surface area contributed by atoms with E-state index in [1.165, 1.54) is 20.2 Å². The Bertz CT molecular complexity index is 1720. The van der Waals surface area contributed by atoms with Crippen LogP contribution in [0.15, 0.2) is 101 Å². The molecule has 3 aromatic heterocycles. The number of furan rings is 1. The molecule has 7 aromatic rings. The lowest BCUT2D eigenvalue weighted by Crippen LogP contribution is -1.96. The van der Waals surface area contributed by atoms with E-state index in [1.54, 1.807) is 0 Å². The fourth-order valence-corrected chi connectivity index (χ4v) is 5.64. The topological polar surface area (TPSA) is 31.0 Å². The summed E-state index contributed by atoms with van der Waals surface area (Å²) < 4.78 is 11.0. The number of rotatable bonds is 2. The number of fused-ring (bicyclic) bond motifs is 5. The van der Waals surface area contributed by atoms with Crippen LogP contribution in [0, 0.1) is 0 Å². The van der Waals surface area contributed by atoms with E-state index in [1.807, 2.05) is 41.7 Å². The molecule has 0 atom stereocenters. The lowest BCUT2D eigenvalue weighted by molar-refractivity contribution is 0.586. The maximum atomic E-state index is 6.28.